The number of para-hydroxylation sites is 1. The number of rotatable bonds is 3. The Morgan fingerprint density at radius 1 is 1.12 bits per heavy atom. The first-order valence-electron chi connectivity index (χ1n) is 7.84. The zero-order valence-electron chi connectivity index (χ0n) is 13.4. The smallest absolute Gasteiger partial charge is 0.273 e. The summed E-state index contributed by atoms with van der Waals surface area (Å²) < 4.78 is 0. The Morgan fingerprint density at radius 2 is 1.88 bits per heavy atom. The fraction of sp³-hybridized carbons (Fsp3) is 0.111. The van der Waals surface area contributed by atoms with Crippen LogP contribution in [-0.4, -0.2) is 22.3 Å². The summed E-state index contributed by atoms with van der Waals surface area (Å²) in [4.78, 5) is 42.3. The van der Waals surface area contributed by atoms with Crippen LogP contribution in [0.1, 0.15) is 12.0 Å². The average Bonchev–Trinajstić information content (AvgIpc) is 3.18. The Balaban J connectivity index is 1.69. The SMILES string of the molecule is O=C1C[C@@]2(C=C(c3cccc([N+](=O)[O-])c3)NO2)C(=O)N1c1ccccc1. The van der Waals surface area contributed by atoms with E-state index in [1.165, 1.54) is 18.2 Å². The van der Waals surface area contributed by atoms with E-state index in [0.29, 0.717) is 16.9 Å². The van der Waals surface area contributed by atoms with Crippen LogP contribution >= 0.6 is 0 Å². The predicted octanol–water partition coefficient (Wildman–Crippen LogP) is 2.17. The molecule has 2 aliphatic heterocycles. The highest BCUT2D eigenvalue weighted by Crippen LogP contribution is 2.38. The summed E-state index contributed by atoms with van der Waals surface area (Å²) >= 11 is 0. The third-order valence-corrected chi connectivity index (χ3v) is 4.33. The van der Waals surface area contributed by atoms with Crippen LogP contribution in [0.15, 0.2) is 60.7 Å². The maximum atomic E-state index is 12.9. The molecule has 2 aromatic carbocycles. The van der Waals surface area contributed by atoms with Gasteiger partial charge < -0.3 is 0 Å². The number of non-ortho nitro benzene ring substituents is 1. The fourth-order valence-corrected chi connectivity index (χ4v) is 3.08. The lowest BCUT2D eigenvalue weighted by molar-refractivity contribution is -0.384. The summed E-state index contributed by atoms with van der Waals surface area (Å²) in [5, 5.41) is 10.9. The molecule has 1 N–H and O–H groups in total. The summed E-state index contributed by atoms with van der Waals surface area (Å²) in [6, 6.07) is 14.5. The monoisotopic (exact) mass is 351 g/mol. The first-order valence-corrected chi connectivity index (χ1v) is 7.84. The number of nitro groups is 1. The number of carbonyl (C=O) groups excluding carboxylic acids is 2. The molecular formula is C18H13N3O5. The van der Waals surface area contributed by atoms with Crippen molar-refractivity contribution in [2.24, 2.45) is 0 Å². The van der Waals surface area contributed by atoms with Crippen LogP contribution in [0.5, 0.6) is 0 Å². The minimum Gasteiger partial charge on any atom is -0.274 e. The van der Waals surface area contributed by atoms with Crippen molar-refractivity contribution in [3.05, 3.63) is 76.4 Å². The van der Waals surface area contributed by atoms with Gasteiger partial charge in [-0.05, 0) is 18.2 Å². The Kier molecular flexibility index (Phi) is 3.55. The molecule has 0 aromatic heterocycles. The lowest BCUT2D eigenvalue weighted by atomic mass is 9.99. The fourth-order valence-electron chi connectivity index (χ4n) is 3.08. The Hall–Kier alpha value is -3.52. The molecule has 130 valence electrons. The number of amides is 2. The predicted molar refractivity (Wildman–Crippen MR) is 91.6 cm³/mol. The van der Waals surface area contributed by atoms with Gasteiger partial charge in [-0.1, -0.05) is 30.3 Å². The van der Waals surface area contributed by atoms with Gasteiger partial charge in [-0.15, -0.1) is 0 Å². The van der Waals surface area contributed by atoms with E-state index in [2.05, 4.69) is 5.48 Å². The molecule has 0 bridgehead atoms. The largest absolute Gasteiger partial charge is 0.274 e. The summed E-state index contributed by atoms with van der Waals surface area (Å²) in [6.45, 7) is 0. The van der Waals surface area contributed by atoms with E-state index in [0.717, 1.165) is 4.90 Å². The van der Waals surface area contributed by atoms with E-state index >= 15 is 0 Å². The second-order valence-corrected chi connectivity index (χ2v) is 6.01. The molecule has 2 amide bonds. The molecule has 26 heavy (non-hydrogen) atoms. The first kappa shape index (κ1) is 16.0. The standard InChI is InChI=1S/C18H13N3O5/c22-16-11-18(17(23)20(16)13-6-2-1-3-7-13)10-15(19-26-18)12-5-4-8-14(9-12)21(24)25/h1-10,19H,11H2/t18-/m0/s1. The average molecular weight is 351 g/mol. The number of hydroxylamine groups is 1. The van der Waals surface area contributed by atoms with Gasteiger partial charge in [0.25, 0.3) is 11.6 Å². The highest BCUT2D eigenvalue weighted by molar-refractivity contribution is 6.25. The zero-order chi connectivity index (χ0) is 18.3. The third-order valence-electron chi connectivity index (χ3n) is 4.33. The third kappa shape index (κ3) is 2.44. The van der Waals surface area contributed by atoms with Gasteiger partial charge in [0.1, 0.15) is 0 Å². The highest BCUT2D eigenvalue weighted by atomic mass is 16.7. The molecule has 8 heteroatoms. The van der Waals surface area contributed by atoms with Gasteiger partial charge in [0.2, 0.25) is 11.5 Å². The van der Waals surface area contributed by atoms with Crippen molar-refractivity contribution in [3.63, 3.8) is 0 Å². The van der Waals surface area contributed by atoms with Crippen molar-refractivity contribution in [2.75, 3.05) is 4.90 Å². The van der Waals surface area contributed by atoms with E-state index in [1.54, 1.807) is 42.5 Å². The van der Waals surface area contributed by atoms with Crippen LogP contribution in [0, 0.1) is 10.1 Å². The number of carbonyl (C=O) groups is 2. The number of hydrogen-bond acceptors (Lipinski definition) is 6. The topological polar surface area (TPSA) is 102 Å². The molecule has 0 saturated carbocycles. The molecule has 2 heterocycles. The van der Waals surface area contributed by atoms with Crippen LogP contribution in [0.4, 0.5) is 11.4 Å². The molecule has 4 rings (SSSR count). The van der Waals surface area contributed by atoms with Gasteiger partial charge in [-0.2, -0.15) is 0 Å². The Labute approximate surface area is 147 Å². The van der Waals surface area contributed by atoms with Crippen molar-refractivity contribution in [1.82, 2.24) is 5.48 Å². The number of nitrogens with one attached hydrogen (secondary N) is 1. The number of hydrogen-bond donors (Lipinski definition) is 1. The molecule has 1 atom stereocenters. The first-order chi connectivity index (χ1) is 12.5. The van der Waals surface area contributed by atoms with Gasteiger partial charge >= 0.3 is 0 Å². The van der Waals surface area contributed by atoms with Crippen LogP contribution in [0.3, 0.4) is 0 Å². The lowest BCUT2D eigenvalue weighted by Crippen LogP contribution is -2.40. The van der Waals surface area contributed by atoms with Gasteiger partial charge in [-0.3, -0.25) is 30.0 Å². The molecule has 2 aromatic rings. The Bertz CT molecular complexity index is 956. The highest BCUT2D eigenvalue weighted by Gasteiger charge is 2.55. The molecule has 2 aliphatic rings. The molecule has 0 radical (unpaired) electrons. The van der Waals surface area contributed by atoms with Crippen molar-refractivity contribution < 1.29 is 19.3 Å². The summed E-state index contributed by atoms with van der Waals surface area (Å²) in [6.07, 6.45) is 1.36. The molecular weight excluding hydrogens is 338 g/mol. The van der Waals surface area contributed by atoms with E-state index in [4.69, 9.17) is 4.84 Å². The Morgan fingerprint density at radius 3 is 2.62 bits per heavy atom. The quantitative estimate of drug-likeness (QED) is 0.517. The van der Waals surface area contributed by atoms with Crippen LogP contribution < -0.4 is 10.4 Å². The van der Waals surface area contributed by atoms with E-state index < -0.39 is 16.4 Å². The molecule has 8 nitrogen and oxygen atoms in total. The second kappa shape index (κ2) is 5.78. The minimum atomic E-state index is -1.45. The zero-order valence-corrected chi connectivity index (χ0v) is 13.4. The number of anilines is 1. The molecule has 0 aliphatic carbocycles. The van der Waals surface area contributed by atoms with Gasteiger partial charge in [-0.25, -0.2) is 4.90 Å². The van der Waals surface area contributed by atoms with Crippen molar-refractivity contribution >= 4 is 28.9 Å². The van der Waals surface area contributed by atoms with Crippen LogP contribution in [0.25, 0.3) is 5.70 Å². The lowest BCUT2D eigenvalue weighted by Gasteiger charge is -2.18. The maximum Gasteiger partial charge on any atom is 0.273 e. The van der Waals surface area contributed by atoms with Crippen LogP contribution in [0.2, 0.25) is 0 Å². The molecule has 0 unspecified atom stereocenters. The number of nitrogens with zero attached hydrogens (tertiary/aromatic N) is 2. The summed E-state index contributed by atoms with van der Waals surface area (Å²) in [5.74, 6) is -0.874. The van der Waals surface area contributed by atoms with E-state index in [-0.39, 0.29) is 18.0 Å². The van der Waals surface area contributed by atoms with Crippen LogP contribution in [-0.2, 0) is 14.4 Å². The number of benzene rings is 2. The van der Waals surface area contributed by atoms with Crippen molar-refractivity contribution in [1.29, 1.82) is 0 Å². The van der Waals surface area contributed by atoms with Gasteiger partial charge in [0.15, 0.2) is 0 Å². The molecule has 1 fully saturated rings. The number of imide groups is 1. The summed E-state index contributed by atoms with van der Waals surface area (Å²) in [5.41, 5.74) is 2.48. The normalized spacial score (nSPS) is 21.8. The van der Waals surface area contributed by atoms with Gasteiger partial charge in [0, 0.05) is 17.7 Å². The van der Waals surface area contributed by atoms with Gasteiger partial charge in [0.05, 0.1) is 22.7 Å². The van der Waals surface area contributed by atoms with Crippen molar-refractivity contribution in [2.45, 2.75) is 12.0 Å². The molecule has 1 saturated heterocycles. The van der Waals surface area contributed by atoms with E-state index in [9.17, 15) is 19.7 Å². The minimum absolute atomic E-state index is 0.0779. The second-order valence-electron chi connectivity index (χ2n) is 6.01. The maximum absolute atomic E-state index is 12.9. The number of nitro benzene ring substituents is 1. The van der Waals surface area contributed by atoms with Crippen molar-refractivity contribution in [3.8, 4) is 0 Å². The summed E-state index contributed by atoms with van der Waals surface area (Å²) in [7, 11) is 0. The molecule has 1 spiro atoms. The van der Waals surface area contributed by atoms with E-state index in [1.807, 2.05) is 0 Å².